The summed E-state index contributed by atoms with van der Waals surface area (Å²) >= 11 is 0. The van der Waals surface area contributed by atoms with E-state index in [0.29, 0.717) is 17.1 Å². The van der Waals surface area contributed by atoms with Crippen LogP contribution in [0.2, 0.25) is 0 Å². The van der Waals surface area contributed by atoms with E-state index in [9.17, 15) is 4.79 Å². The topological polar surface area (TPSA) is 95.1 Å². The van der Waals surface area contributed by atoms with Crippen LogP contribution in [0.25, 0.3) is 10.9 Å². The zero-order valence-electron chi connectivity index (χ0n) is 22.4. The number of nitrogens with zero attached hydrogens (tertiary/aromatic N) is 4. The van der Waals surface area contributed by atoms with Crippen LogP contribution in [0.15, 0.2) is 91.4 Å². The van der Waals surface area contributed by atoms with Crippen LogP contribution < -0.4 is 20.9 Å². The predicted octanol–water partition coefficient (Wildman–Crippen LogP) is 7.06. The van der Waals surface area contributed by atoms with Crippen LogP contribution in [0.3, 0.4) is 0 Å². The molecule has 1 fully saturated rings. The van der Waals surface area contributed by atoms with Gasteiger partial charge in [0.25, 0.3) is 5.91 Å². The van der Waals surface area contributed by atoms with E-state index >= 15 is 0 Å². The Labute approximate surface area is 233 Å². The zero-order chi connectivity index (χ0) is 27.3. The molecule has 0 atom stereocenters. The molecule has 6 rings (SSSR count). The fraction of sp³-hybridized carbons (Fsp3) is 0.188. The van der Waals surface area contributed by atoms with Crippen molar-refractivity contribution in [2.45, 2.75) is 26.2 Å². The first-order valence-corrected chi connectivity index (χ1v) is 13.6. The highest BCUT2D eigenvalue weighted by molar-refractivity contribution is 6.04. The van der Waals surface area contributed by atoms with Gasteiger partial charge >= 0.3 is 0 Å². The number of hydrogen-bond donors (Lipinski definition) is 3. The van der Waals surface area contributed by atoms with E-state index in [-0.39, 0.29) is 5.91 Å². The average molecular weight is 530 g/mol. The van der Waals surface area contributed by atoms with Crippen molar-refractivity contribution in [1.29, 1.82) is 0 Å². The Kier molecular flexibility index (Phi) is 7.22. The number of carbonyl (C=O) groups is 1. The highest BCUT2D eigenvalue weighted by Gasteiger charge is 2.13. The van der Waals surface area contributed by atoms with E-state index in [1.54, 1.807) is 24.7 Å². The monoisotopic (exact) mass is 529 g/mol. The maximum absolute atomic E-state index is 12.9. The minimum absolute atomic E-state index is 0.218. The van der Waals surface area contributed by atoms with Crippen LogP contribution >= 0.6 is 0 Å². The van der Waals surface area contributed by atoms with Crippen LogP contribution in [0.1, 0.15) is 35.3 Å². The summed E-state index contributed by atoms with van der Waals surface area (Å²) in [5.41, 5.74) is 7.10. The summed E-state index contributed by atoms with van der Waals surface area (Å²) in [6, 6.07) is 23.5. The number of amides is 1. The standard InChI is InChI=1S/C32H31N7O/c1-22-19-26(13-15-33-22)36-24-6-8-25(9-7-24)37-32(40)23-5-12-31(35-21-23)38-30-14-16-34-29-11-10-27(20-28(29)30)39-17-3-2-4-18-39/h5-16,19-21H,2-4,17-18H2,1H3,(H,33,36)(H,37,40)(H,34,35,38). The van der Waals surface area contributed by atoms with E-state index < -0.39 is 0 Å². The zero-order valence-corrected chi connectivity index (χ0v) is 22.4. The largest absolute Gasteiger partial charge is 0.372 e. The normalized spacial score (nSPS) is 13.2. The molecule has 1 aliphatic heterocycles. The van der Waals surface area contributed by atoms with Gasteiger partial charge in [0, 0.05) is 65.5 Å². The van der Waals surface area contributed by atoms with Crippen molar-refractivity contribution < 1.29 is 4.79 Å². The average Bonchev–Trinajstić information content (AvgIpc) is 2.99. The molecule has 0 unspecified atom stereocenters. The lowest BCUT2D eigenvalue weighted by molar-refractivity contribution is 0.102. The van der Waals surface area contributed by atoms with Gasteiger partial charge in [-0.25, -0.2) is 4.98 Å². The minimum Gasteiger partial charge on any atom is -0.372 e. The number of carbonyl (C=O) groups excluding carboxylic acids is 1. The molecule has 0 bridgehead atoms. The third-order valence-electron chi connectivity index (χ3n) is 7.06. The Morgan fingerprint density at radius 3 is 2.33 bits per heavy atom. The number of fused-ring (bicyclic) bond motifs is 1. The van der Waals surface area contributed by atoms with Crippen LogP contribution in [-0.2, 0) is 0 Å². The quantitative estimate of drug-likeness (QED) is 0.208. The third-order valence-corrected chi connectivity index (χ3v) is 7.06. The molecular weight excluding hydrogens is 498 g/mol. The van der Waals surface area contributed by atoms with E-state index in [2.05, 4.69) is 54.0 Å². The van der Waals surface area contributed by atoms with Crippen molar-refractivity contribution in [2.24, 2.45) is 0 Å². The molecule has 1 saturated heterocycles. The van der Waals surface area contributed by atoms with Crippen molar-refractivity contribution in [3.8, 4) is 0 Å². The number of rotatable bonds is 7. The first kappa shape index (κ1) is 25.3. The van der Waals surface area contributed by atoms with Gasteiger partial charge in [-0.2, -0.15) is 0 Å². The lowest BCUT2D eigenvalue weighted by Crippen LogP contribution is -2.29. The number of nitrogens with one attached hydrogen (secondary N) is 3. The van der Waals surface area contributed by atoms with Crippen LogP contribution in [0.4, 0.5) is 34.3 Å². The molecule has 0 saturated carbocycles. The van der Waals surface area contributed by atoms with Gasteiger partial charge in [-0.1, -0.05) is 0 Å². The molecule has 40 heavy (non-hydrogen) atoms. The van der Waals surface area contributed by atoms with Gasteiger partial charge in [0.15, 0.2) is 0 Å². The second-order valence-electron chi connectivity index (χ2n) is 10.0. The lowest BCUT2D eigenvalue weighted by Gasteiger charge is -2.29. The fourth-order valence-corrected chi connectivity index (χ4v) is 4.96. The summed E-state index contributed by atoms with van der Waals surface area (Å²) in [5, 5.41) is 10.7. The predicted molar refractivity (Wildman–Crippen MR) is 162 cm³/mol. The summed E-state index contributed by atoms with van der Waals surface area (Å²) in [4.78, 5) is 28.6. The number of piperidine rings is 1. The molecule has 0 radical (unpaired) electrons. The minimum atomic E-state index is -0.218. The van der Waals surface area contributed by atoms with Gasteiger partial charge in [-0.05, 0) is 99.0 Å². The maximum Gasteiger partial charge on any atom is 0.257 e. The summed E-state index contributed by atoms with van der Waals surface area (Å²) in [5.74, 6) is 0.444. The van der Waals surface area contributed by atoms with Gasteiger partial charge in [-0.3, -0.25) is 14.8 Å². The second kappa shape index (κ2) is 11.4. The van der Waals surface area contributed by atoms with E-state index in [1.807, 2.05) is 55.5 Å². The Bertz CT molecular complexity index is 1630. The molecule has 3 N–H and O–H groups in total. The van der Waals surface area contributed by atoms with Crippen LogP contribution in [0.5, 0.6) is 0 Å². The van der Waals surface area contributed by atoms with Crippen molar-refractivity contribution in [3.63, 3.8) is 0 Å². The van der Waals surface area contributed by atoms with Crippen molar-refractivity contribution in [2.75, 3.05) is 33.9 Å². The van der Waals surface area contributed by atoms with Crippen molar-refractivity contribution in [1.82, 2.24) is 15.0 Å². The molecule has 1 aliphatic rings. The first-order chi connectivity index (χ1) is 19.6. The number of pyridine rings is 3. The maximum atomic E-state index is 12.9. The summed E-state index contributed by atoms with van der Waals surface area (Å²) in [7, 11) is 0. The van der Waals surface area contributed by atoms with Gasteiger partial charge in [-0.15, -0.1) is 0 Å². The summed E-state index contributed by atoms with van der Waals surface area (Å²) in [6.07, 6.45) is 8.92. The third kappa shape index (κ3) is 5.86. The Hall–Kier alpha value is -4.98. The lowest BCUT2D eigenvalue weighted by atomic mass is 10.1. The molecule has 2 aromatic carbocycles. The molecular formula is C32H31N7O. The molecule has 3 aromatic heterocycles. The first-order valence-electron chi connectivity index (χ1n) is 13.6. The fourth-order valence-electron chi connectivity index (χ4n) is 4.96. The number of aromatic nitrogens is 3. The molecule has 0 aliphatic carbocycles. The smallest absolute Gasteiger partial charge is 0.257 e. The molecule has 8 heteroatoms. The highest BCUT2D eigenvalue weighted by atomic mass is 16.1. The molecule has 0 spiro atoms. The number of anilines is 6. The molecule has 200 valence electrons. The van der Waals surface area contributed by atoms with Gasteiger partial charge < -0.3 is 20.9 Å². The van der Waals surface area contributed by atoms with Crippen molar-refractivity contribution in [3.05, 3.63) is 103 Å². The Morgan fingerprint density at radius 2 is 1.55 bits per heavy atom. The molecule has 5 aromatic rings. The SMILES string of the molecule is Cc1cc(Nc2ccc(NC(=O)c3ccc(Nc4ccnc5ccc(N6CCCCC6)cc45)nc3)cc2)ccn1. The summed E-state index contributed by atoms with van der Waals surface area (Å²) < 4.78 is 0. The van der Waals surface area contributed by atoms with Crippen molar-refractivity contribution >= 4 is 51.1 Å². The van der Waals surface area contributed by atoms with E-state index in [1.165, 1.54) is 24.9 Å². The Balaban J connectivity index is 1.11. The van der Waals surface area contributed by atoms with Crippen LogP contribution in [0, 0.1) is 6.92 Å². The van der Waals surface area contributed by atoms with E-state index in [0.717, 1.165) is 46.7 Å². The molecule has 1 amide bonds. The van der Waals surface area contributed by atoms with Crippen LogP contribution in [-0.4, -0.2) is 33.9 Å². The van der Waals surface area contributed by atoms with Gasteiger partial charge in [0.2, 0.25) is 0 Å². The van der Waals surface area contributed by atoms with Gasteiger partial charge in [0.1, 0.15) is 5.82 Å². The Morgan fingerprint density at radius 1 is 0.750 bits per heavy atom. The van der Waals surface area contributed by atoms with E-state index in [4.69, 9.17) is 0 Å². The number of benzene rings is 2. The number of hydrogen-bond acceptors (Lipinski definition) is 7. The highest BCUT2D eigenvalue weighted by Crippen LogP contribution is 2.30. The molecule has 4 heterocycles. The van der Waals surface area contributed by atoms with Gasteiger partial charge in [0.05, 0.1) is 16.8 Å². The molecule has 8 nitrogen and oxygen atoms in total. The number of aryl methyl sites for hydroxylation is 1. The second-order valence-corrected chi connectivity index (χ2v) is 10.0. The summed E-state index contributed by atoms with van der Waals surface area (Å²) in [6.45, 7) is 4.13.